The minimum Gasteiger partial charge on any atom is -0.455 e. The molecule has 3 rings (SSSR count). The molecule has 0 saturated heterocycles. The first-order chi connectivity index (χ1) is 9.31. The molecule has 2 aromatic heterocycles. The van der Waals surface area contributed by atoms with Crippen LogP contribution < -0.4 is 0 Å². The monoisotopic (exact) mass is 272 g/mol. The van der Waals surface area contributed by atoms with Gasteiger partial charge in [0.05, 0.1) is 6.21 Å². The quantitative estimate of drug-likeness (QED) is 0.689. The minimum atomic E-state index is 0.652. The number of benzene rings is 1. The molecule has 0 aliphatic carbocycles. The maximum absolute atomic E-state index is 5.84. The molecule has 19 heavy (non-hydrogen) atoms. The second kappa shape index (κ2) is 5.07. The van der Waals surface area contributed by atoms with Crippen molar-refractivity contribution in [1.82, 2.24) is 14.9 Å². The van der Waals surface area contributed by atoms with Crippen molar-refractivity contribution in [2.75, 3.05) is 0 Å². The Balaban J connectivity index is 1.81. The molecule has 0 N–H and O–H groups in total. The third kappa shape index (κ3) is 2.71. The van der Waals surface area contributed by atoms with E-state index in [1.165, 1.54) is 17.3 Å². The predicted octanol–water partition coefficient (Wildman–Crippen LogP) is 3.07. The van der Waals surface area contributed by atoms with E-state index in [0.717, 1.165) is 11.3 Å². The van der Waals surface area contributed by atoms with Crippen LogP contribution in [0.25, 0.3) is 11.3 Å². The van der Waals surface area contributed by atoms with Crippen molar-refractivity contribution in [3.8, 4) is 11.3 Å². The molecule has 0 spiro atoms. The van der Waals surface area contributed by atoms with Gasteiger partial charge in [-0.15, -0.1) is 10.2 Å². The summed E-state index contributed by atoms with van der Waals surface area (Å²) >= 11 is 5.84. The smallest absolute Gasteiger partial charge is 0.147 e. The lowest BCUT2D eigenvalue weighted by Gasteiger charge is -1.96. The lowest BCUT2D eigenvalue weighted by atomic mass is 10.2. The van der Waals surface area contributed by atoms with E-state index in [1.54, 1.807) is 6.21 Å². The first-order valence-corrected chi connectivity index (χ1v) is 5.94. The van der Waals surface area contributed by atoms with Gasteiger partial charge in [0, 0.05) is 10.6 Å². The zero-order chi connectivity index (χ0) is 13.1. The van der Waals surface area contributed by atoms with Gasteiger partial charge in [-0.05, 0) is 36.4 Å². The average Bonchev–Trinajstić information content (AvgIpc) is 3.09. The van der Waals surface area contributed by atoms with E-state index >= 15 is 0 Å². The van der Waals surface area contributed by atoms with Crippen LogP contribution in [0, 0.1) is 0 Å². The van der Waals surface area contributed by atoms with Gasteiger partial charge in [-0.2, -0.15) is 5.10 Å². The first kappa shape index (κ1) is 11.7. The molecule has 5 nitrogen and oxygen atoms in total. The average molecular weight is 273 g/mol. The van der Waals surface area contributed by atoms with E-state index in [0.29, 0.717) is 10.8 Å². The molecular formula is C13H9ClN4O. The Bertz CT molecular complexity index is 686. The van der Waals surface area contributed by atoms with E-state index in [1.807, 2.05) is 36.4 Å². The van der Waals surface area contributed by atoms with Gasteiger partial charge in [-0.25, -0.2) is 4.68 Å². The number of rotatable bonds is 3. The standard InChI is InChI=1S/C13H9ClN4O/c14-11-3-1-10(2-4-11)13-6-5-12(19-13)7-17-18-8-15-16-9-18/h1-9H/b17-7-. The predicted molar refractivity (Wildman–Crippen MR) is 72.2 cm³/mol. The van der Waals surface area contributed by atoms with Gasteiger partial charge in [0.2, 0.25) is 0 Å². The van der Waals surface area contributed by atoms with E-state index in [2.05, 4.69) is 15.3 Å². The number of furan rings is 1. The zero-order valence-corrected chi connectivity index (χ0v) is 10.5. The van der Waals surface area contributed by atoms with Gasteiger partial charge in [-0.1, -0.05) is 11.6 Å². The highest BCUT2D eigenvalue weighted by Crippen LogP contribution is 2.23. The van der Waals surface area contributed by atoms with Crippen molar-refractivity contribution in [3.63, 3.8) is 0 Å². The molecule has 1 aromatic carbocycles. The second-order valence-electron chi connectivity index (χ2n) is 3.80. The summed E-state index contributed by atoms with van der Waals surface area (Å²) in [5.41, 5.74) is 0.966. The van der Waals surface area contributed by atoms with Crippen LogP contribution >= 0.6 is 11.6 Å². The third-order valence-electron chi connectivity index (χ3n) is 2.48. The number of hydrogen-bond acceptors (Lipinski definition) is 4. The molecular weight excluding hydrogens is 264 g/mol. The summed E-state index contributed by atoms with van der Waals surface area (Å²) in [6.45, 7) is 0. The molecule has 0 amide bonds. The normalized spacial score (nSPS) is 11.2. The van der Waals surface area contributed by atoms with Crippen molar-refractivity contribution in [3.05, 3.63) is 59.8 Å². The van der Waals surface area contributed by atoms with Crippen LogP contribution in [-0.4, -0.2) is 21.1 Å². The summed E-state index contributed by atoms with van der Waals surface area (Å²) in [5, 5.41) is 12.1. The minimum absolute atomic E-state index is 0.652. The number of hydrogen-bond donors (Lipinski definition) is 0. The van der Waals surface area contributed by atoms with Gasteiger partial charge in [0.25, 0.3) is 0 Å². The summed E-state index contributed by atoms with van der Waals surface area (Å²) < 4.78 is 7.15. The number of halogens is 1. The van der Waals surface area contributed by atoms with Crippen molar-refractivity contribution in [1.29, 1.82) is 0 Å². The maximum atomic E-state index is 5.84. The van der Waals surface area contributed by atoms with Gasteiger partial charge < -0.3 is 4.42 Å². The number of aromatic nitrogens is 3. The summed E-state index contributed by atoms with van der Waals surface area (Å²) in [6, 6.07) is 11.2. The Morgan fingerprint density at radius 2 is 1.79 bits per heavy atom. The molecule has 0 fully saturated rings. The fourth-order valence-corrected chi connectivity index (χ4v) is 1.70. The highest BCUT2D eigenvalue weighted by Gasteiger charge is 2.03. The lowest BCUT2D eigenvalue weighted by Crippen LogP contribution is -1.84. The molecule has 0 atom stereocenters. The van der Waals surface area contributed by atoms with Gasteiger partial charge in [-0.3, -0.25) is 0 Å². The van der Waals surface area contributed by atoms with E-state index in [-0.39, 0.29) is 0 Å². The van der Waals surface area contributed by atoms with Crippen molar-refractivity contribution < 1.29 is 4.42 Å². The van der Waals surface area contributed by atoms with Crippen LogP contribution in [0.5, 0.6) is 0 Å². The van der Waals surface area contributed by atoms with Gasteiger partial charge in [0.15, 0.2) is 0 Å². The fourth-order valence-electron chi connectivity index (χ4n) is 1.57. The molecule has 0 aliphatic heterocycles. The van der Waals surface area contributed by atoms with Crippen LogP contribution in [0.15, 0.2) is 58.6 Å². The van der Waals surface area contributed by atoms with Crippen molar-refractivity contribution in [2.24, 2.45) is 5.10 Å². The topological polar surface area (TPSA) is 56.2 Å². The first-order valence-electron chi connectivity index (χ1n) is 5.56. The molecule has 94 valence electrons. The molecule has 0 bridgehead atoms. The summed E-state index contributed by atoms with van der Waals surface area (Å²) in [7, 11) is 0. The van der Waals surface area contributed by atoms with Gasteiger partial charge >= 0.3 is 0 Å². The highest BCUT2D eigenvalue weighted by molar-refractivity contribution is 6.30. The lowest BCUT2D eigenvalue weighted by molar-refractivity contribution is 0.574. The third-order valence-corrected chi connectivity index (χ3v) is 2.73. The molecule has 0 saturated carbocycles. The summed E-state index contributed by atoms with van der Waals surface area (Å²) in [5.74, 6) is 1.42. The SMILES string of the molecule is Clc1ccc(-c2ccc(/C=N\n3cnnc3)o2)cc1. The van der Waals surface area contributed by atoms with Crippen molar-refractivity contribution in [2.45, 2.75) is 0 Å². The Hall–Kier alpha value is -2.40. The number of nitrogens with zero attached hydrogens (tertiary/aromatic N) is 4. The molecule has 0 unspecified atom stereocenters. The van der Waals surface area contributed by atoms with Crippen LogP contribution in [-0.2, 0) is 0 Å². The Kier molecular flexibility index (Phi) is 3.12. The fraction of sp³-hybridized carbons (Fsp3) is 0. The van der Waals surface area contributed by atoms with E-state index in [4.69, 9.17) is 16.0 Å². The zero-order valence-electron chi connectivity index (χ0n) is 9.77. The van der Waals surface area contributed by atoms with Crippen LogP contribution in [0.4, 0.5) is 0 Å². The van der Waals surface area contributed by atoms with Crippen molar-refractivity contribution >= 4 is 17.8 Å². The van der Waals surface area contributed by atoms with Crippen LogP contribution in [0.2, 0.25) is 5.02 Å². The van der Waals surface area contributed by atoms with Crippen LogP contribution in [0.3, 0.4) is 0 Å². The molecule has 3 aromatic rings. The molecule has 0 radical (unpaired) electrons. The van der Waals surface area contributed by atoms with Crippen LogP contribution in [0.1, 0.15) is 5.76 Å². The molecule has 6 heteroatoms. The summed E-state index contributed by atoms with van der Waals surface area (Å²) in [6.07, 6.45) is 4.60. The van der Waals surface area contributed by atoms with E-state index < -0.39 is 0 Å². The second-order valence-corrected chi connectivity index (χ2v) is 4.23. The molecule has 0 aliphatic rings. The largest absolute Gasteiger partial charge is 0.455 e. The summed E-state index contributed by atoms with van der Waals surface area (Å²) in [4.78, 5) is 0. The maximum Gasteiger partial charge on any atom is 0.147 e. The Labute approximate surface area is 114 Å². The van der Waals surface area contributed by atoms with E-state index in [9.17, 15) is 0 Å². The molecule has 2 heterocycles. The highest BCUT2D eigenvalue weighted by atomic mass is 35.5. The Morgan fingerprint density at radius 1 is 1.05 bits per heavy atom. The Morgan fingerprint density at radius 3 is 2.53 bits per heavy atom. The van der Waals surface area contributed by atoms with Gasteiger partial charge in [0.1, 0.15) is 24.2 Å².